The molecule has 0 spiro atoms. The van der Waals surface area contributed by atoms with Crippen LogP contribution in [-0.2, 0) is 11.3 Å². The zero-order chi connectivity index (χ0) is 17.1. The average molecular weight is 315 g/mol. The first-order valence-corrected chi connectivity index (χ1v) is 7.44. The molecule has 0 aliphatic rings. The Morgan fingerprint density at radius 2 is 1.91 bits per heavy atom. The van der Waals surface area contributed by atoms with E-state index in [-0.39, 0.29) is 18.9 Å². The third kappa shape index (κ3) is 3.77. The number of carbonyl (C=O) groups excluding carboxylic acids is 1. The Hall–Kier alpha value is -2.63. The molecule has 2 rings (SSSR count). The van der Waals surface area contributed by atoms with E-state index in [1.165, 1.54) is 0 Å². The summed E-state index contributed by atoms with van der Waals surface area (Å²) in [7, 11) is 0. The van der Waals surface area contributed by atoms with E-state index in [9.17, 15) is 9.59 Å². The van der Waals surface area contributed by atoms with E-state index in [1.807, 2.05) is 32.9 Å². The van der Waals surface area contributed by atoms with Crippen molar-refractivity contribution in [1.82, 2.24) is 9.78 Å². The lowest BCUT2D eigenvalue weighted by molar-refractivity contribution is -0.137. The maximum absolute atomic E-state index is 12.5. The number of hydrogen-bond donors (Lipinski definition) is 2. The van der Waals surface area contributed by atoms with Gasteiger partial charge in [-0.25, -0.2) is 0 Å². The number of benzene rings is 1. The van der Waals surface area contributed by atoms with Crippen LogP contribution in [-0.4, -0.2) is 26.8 Å². The van der Waals surface area contributed by atoms with Gasteiger partial charge in [-0.15, -0.1) is 0 Å². The highest BCUT2D eigenvalue weighted by Gasteiger charge is 2.16. The highest BCUT2D eigenvalue weighted by atomic mass is 16.4. The van der Waals surface area contributed by atoms with Crippen molar-refractivity contribution >= 4 is 17.6 Å². The molecule has 0 aliphatic carbocycles. The van der Waals surface area contributed by atoms with Crippen LogP contribution in [0.1, 0.15) is 39.3 Å². The fourth-order valence-corrected chi connectivity index (χ4v) is 2.55. The average Bonchev–Trinajstić information content (AvgIpc) is 2.72. The van der Waals surface area contributed by atoms with Crippen molar-refractivity contribution in [2.75, 3.05) is 5.32 Å². The largest absolute Gasteiger partial charge is 0.481 e. The SMILES string of the molecule is Cc1ccc(C(=O)Nc2c(C)nn(CCC(=O)O)c2C)c(C)c1. The van der Waals surface area contributed by atoms with Crippen LogP contribution in [0, 0.1) is 27.7 Å². The molecule has 0 fully saturated rings. The van der Waals surface area contributed by atoms with Gasteiger partial charge in [0.25, 0.3) is 5.91 Å². The van der Waals surface area contributed by atoms with Gasteiger partial charge in [-0.2, -0.15) is 5.10 Å². The number of nitrogens with one attached hydrogen (secondary N) is 1. The molecule has 6 nitrogen and oxygen atoms in total. The summed E-state index contributed by atoms with van der Waals surface area (Å²) in [4.78, 5) is 23.2. The monoisotopic (exact) mass is 315 g/mol. The van der Waals surface area contributed by atoms with Crippen molar-refractivity contribution in [3.63, 3.8) is 0 Å². The van der Waals surface area contributed by atoms with Gasteiger partial charge < -0.3 is 10.4 Å². The lowest BCUT2D eigenvalue weighted by Gasteiger charge is -2.09. The van der Waals surface area contributed by atoms with Gasteiger partial charge in [0, 0.05) is 5.56 Å². The normalized spacial score (nSPS) is 10.6. The van der Waals surface area contributed by atoms with Crippen molar-refractivity contribution in [2.45, 2.75) is 40.7 Å². The summed E-state index contributed by atoms with van der Waals surface area (Å²) in [5, 5.41) is 16.0. The van der Waals surface area contributed by atoms with Crippen molar-refractivity contribution in [3.05, 3.63) is 46.3 Å². The van der Waals surface area contributed by atoms with Crippen LogP contribution in [0.4, 0.5) is 5.69 Å². The second-order valence-corrected chi connectivity index (χ2v) is 5.69. The predicted octanol–water partition coefficient (Wildman–Crippen LogP) is 2.84. The van der Waals surface area contributed by atoms with Crippen LogP contribution in [0.25, 0.3) is 0 Å². The topological polar surface area (TPSA) is 84.2 Å². The van der Waals surface area contributed by atoms with Crippen LogP contribution >= 0.6 is 0 Å². The molecule has 0 saturated heterocycles. The minimum atomic E-state index is -0.876. The smallest absolute Gasteiger partial charge is 0.305 e. The Morgan fingerprint density at radius 3 is 2.52 bits per heavy atom. The number of nitrogens with zero attached hydrogens (tertiary/aromatic N) is 2. The minimum Gasteiger partial charge on any atom is -0.481 e. The molecule has 0 radical (unpaired) electrons. The van der Waals surface area contributed by atoms with E-state index in [2.05, 4.69) is 10.4 Å². The van der Waals surface area contributed by atoms with Crippen LogP contribution in [0.15, 0.2) is 18.2 Å². The maximum atomic E-state index is 12.5. The lowest BCUT2D eigenvalue weighted by Crippen LogP contribution is -2.15. The number of carboxylic acids is 1. The number of carboxylic acid groups (broad SMARTS) is 1. The molecule has 6 heteroatoms. The number of hydrogen-bond acceptors (Lipinski definition) is 3. The summed E-state index contributed by atoms with van der Waals surface area (Å²) in [6.07, 6.45) is -0.00752. The first-order chi connectivity index (χ1) is 10.8. The van der Waals surface area contributed by atoms with Gasteiger partial charge in [0.15, 0.2) is 0 Å². The van der Waals surface area contributed by atoms with E-state index in [1.54, 1.807) is 17.7 Å². The number of anilines is 1. The van der Waals surface area contributed by atoms with Crippen molar-refractivity contribution in [2.24, 2.45) is 0 Å². The highest BCUT2D eigenvalue weighted by Crippen LogP contribution is 2.21. The van der Waals surface area contributed by atoms with Crippen molar-refractivity contribution in [3.8, 4) is 0 Å². The Kier molecular flexibility index (Phi) is 4.83. The molecule has 0 bridgehead atoms. The standard InChI is InChI=1S/C17H21N3O3/c1-10-5-6-14(11(2)9-10)17(23)18-16-12(3)19-20(13(16)4)8-7-15(21)22/h5-6,9H,7-8H2,1-4H3,(H,18,23)(H,21,22). The van der Waals surface area contributed by atoms with Crippen LogP contribution in [0.2, 0.25) is 0 Å². The van der Waals surface area contributed by atoms with E-state index in [0.29, 0.717) is 16.9 Å². The third-order valence-electron chi connectivity index (χ3n) is 3.78. The number of carbonyl (C=O) groups is 2. The molecule has 0 atom stereocenters. The molecular weight excluding hydrogens is 294 g/mol. The molecule has 1 aromatic carbocycles. The predicted molar refractivity (Wildman–Crippen MR) is 87.8 cm³/mol. The van der Waals surface area contributed by atoms with Crippen molar-refractivity contribution < 1.29 is 14.7 Å². The summed E-state index contributed by atoms with van der Waals surface area (Å²) in [6, 6.07) is 5.67. The van der Waals surface area contributed by atoms with Crippen LogP contribution < -0.4 is 5.32 Å². The molecule has 1 heterocycles. The number of aliphatic carboxylic acids is 1. The number of amides is 1. The van der Waals surface area contributed by atoms with Crippen molar-refractivity contribution in [1.29, 1.82) is 0 Å². The molecule has 1 amide bonds. The Balaban J connectivity index is 2.22. The second kappa shape index (κ2) is 6.64. The fraction of sp³-hybridized carbons (Fsp3) is 0.353. The first-order valence-electron chi connectivity index (χ1n) is 7.44. The maximum Gasteiger partial charge on any atom is 0.305 e. The highest BCUT2D eigenvalue weighted by molar-refractivity contribution is 6.05. The van der Waals surface area contributed by atoms with Gasteiger partial charge >= 0.3 is 5.97 Å². The summed E-state index contributed by atoms with van der Waals surface area (Å²) in [5.74, 6) is -1.06. The van der Waals surface area contributed by atoms with Gasteiger partial charge in [0.2, 0.25) is 0 Å². The molecular formula is C17H21N3O3. The van der Waals surface area contributed by atoms with Gasteiger partial charge in [0.1, 0.15) is 0 Å². The Morgan fingerprint density at radius 1 is 1.22 bits per heavy atom. The van der Waals surface area contributed by atoms with Gasteiger partial charge in [-0.3, -0.25) is 14.3 Å². The van der Waals surface area contributed by atoms with E-state index in [4.69, 9.17) is 5.11 Å². The van der Waals surface area contributed by atoms with E-state index < -0.39 is 5.97 Å². The van der Waals surface area contributed by atoms with Crippen LogP contribution in [0.5, 0.6) is 0 Å². The molecule has 1 aromatic heterocycles. The molecule has 0 saturated carbocycles. The van der Waals surface area contributed by atoms with Crippen LogP contribution in [0.3, 0.4) is 0 Å². The first kappa shape index (κ1) is 16.7. The fourth-order valence-electron chi connectivity index (χ4n) is 2.55. The lowest BCUT2D eigenvalue weighted by atomic mass is 10.1. The number of aryl methyl sites for hydroxylation is 4. The van der Waals surface area contributed by atoms with Gasteiger partial charge in [0.05, 0.1) is 30.0 Å². The zero-order valence-corrected chi connectivity index (χ0v) is 13.8. The zero-order valence-electron chi connectivity index (χ0n) is 13.8. The Labute approximate surface area is 135 Å². The molecule has 23 heavy (non-hydrogen) atoms. The number of aromatic nitrogens is 2. The number of rotatable bonds is 5. The summed E-state index contributed by atoms with van der Waals surface area (Å²) in [5.41, 5.74) is 4.70. The molecule has 122 valence electrons. The van der Waals surface area contributed by atoms with Gasteiger partial charge in [-0.05, 0) is 39.3 Å². The van der Waals surface area contributed by atoms with Gasteiger partial charge in [-0.1, -0.05) is 17.7 Å². The molecule has 0 unspecified atom stereocenters. The summed E-state index contributed by atoms with van der Waals surface area (Å²) >= 11 is 0. The summed E-state index contributed by atoms with van der Waals surface area (Å²) < 4.78 is 1.61. The quantitative estimate of drug-likeness (QED) is 0.888. The van der Waals surface area contributed by atoms with E-state index >= 15 is 0 Å². The third-order valence-corrected chi connectivity index (χ3v) is 3.78. The van der Waals surface area contributed by atoms with E-state index in [0.717, 1.165) is 16.8 Å². The Bertz CT molecular complexity index is 763. The second-order valence-electron chi connectivity index (χ2n) is 5.69. The molecule has 2 aromatic rings. The minimum absolute atomic E-state index is 0.00752. The molecule has 2 N–H and O–H groups in total. The molecule has 0 aliphatic heterocycles. The summed E-state index contributed by atoms with van der Waals surface area (Å²) in [6.45, 7) is 7.77.